The van der Waals surface area contributed by atoms with Crippen LogP contribution in [0.5, 0.6) is 0 Å². The van der Waals surface area contributed by atoms with Crippen LogP contribution >= 0.6 is 0 Å². The van der Waals surface area contributed by atoms with Gasteiger partial charge in [-0.25, -0.2) is 4.68 Å². The molecule has 9 nitrogen and oxygen atoms in total. The van der Waals surface area contributed by atoms with Gasteiger partial charge in [0.2, 0.25) is 11.8 Å². The predicted octanol–water partition coefficient (Wildman–Crippen LogP) is 0.0899. The highest BCUT2D eigenvalue weighted by Gasteiger charge is 2.39. The maximum atomic E-state index is 12.9. The number of amides is 3. The monoisotopic (exact) mass is 368 g/mol. The summed E-state index contributed by atoms with van der Waals surface area (Å²) in [6.07, 6.45) is 2.43. The van der Waals surface area contributed by atoms with Crippen molar-refractivity contribution < 1.29 is 14.4 Å². The fourth-order valence-corrected chi connectivity index (χ4v) is 3.51. The van der Waals surface area contributed by atoms with Gasteiger partial charge in [0, 0.05) is 25.1 Å². The van der Waals surface area contributed by atoms with Gasteiger partial charge < -0.3 is 9.80 Å². The van der Waals surface area contributed by atoms with Crippen molar-refractivity contribution in [2.24, 2.45) is 0 Å². The maximum absolute atomic E-state index is 12.9. The smallest absolute Gasteiger partial charge is 0.255 e. The van der Waals surface area contributed by atoms with Gasteiger partial charge in [-0.05, 0) is 38.2 Å². The van der Waals surface area contributed by atoms with Crippen molar-refractivity contribution in [3.05, 3.63) is 41.2 Å². The van der Waals surface area contributed by atoms with Crippen molar-refractivity contribution in [3.63, 3.8) is 0 Å². The number of aromatic nitrogens is 3. The van der Waals surface area contributed by atoms with Crippen molar-refractivity contribution in [3.8, 4) is 5.69 Å². The minimum Gasteiger partial charge on any atom is -0.322 e. The standard InChI is InChI=1S/C18H20N6O3/c1-22(2)9-12-10-24(21-20-12)13-4-3-11-8-23(18(27)14(11)7-13)15-5-6-16(25)19-17(15)26/h3-4,7,10,15H,5-6,8-9H2,1-2H3,(H,19,25,26). The molecule has 1 unspecified atom stereocenters. The minimum absolute atomic E-state index is 0.199. The highest BCUT2D eigenvalue weighted by Crippen LogP contribution is 2.29. The van der Waals surface area contributed by atoms with E-state index < -0.39 is 11.9 Å². The number of benzene rings is 1. The van der Waals surface area contributed by atoms with Crippen LogP contribution in [-0.4, -0.2) is 62.7 Å². The van der Waals surface area contributed by atoms with E-state index >= 15 is 0 Å². The molecule has 0 spiro atoms. The Labute approximate surface area is 155 Å². The van der Waals surface area contributed by atoms with Crippen LogP contribution in [0.4, 0.5) is 0 Å². The van der Waals surface area contributed by atoms with Gasteiger partial charge in [0.15, 0.2) is 0 Å². The number of hydrogen-bond donors (Lipinski definition) is 1. The Morgan fingerprint density at radius 1 is 1.26 bits per heavy atom. The number of carbonyl (C=O) groups excluding carboxylic acids is 3. The van der Waals surface area contributed by atoms with E-state index in [9.17, 15) is 14.4 Å². The molecular weight excluding hydrogens is 348 g/mol. The minimum atomic E-state index is -0.607. The molecule has 1 N–H and O–H groups in total. The lowest BCUT2D eigenvalue weighted by Gasteiger charge is -2.29. The number of hydrogen-bond acceptors (Lipinski definition) is 6. The summed E-state index contributed by atoms with van der Waals surface area (Å²) in [5, 5.41) is 10.6. The summed E-state index contributed by atoms with van der Waals surface area (Å²) in [4.78, 5) is 39.9. The lowest BCUT2D eigenvalue weighted by Crippen LogP contribution is -2.52. The molecule has 2 aromatic rings. The van der Waals surface area contributed by atoms with Gasteiger partial charge in [-0.15, -0.1) is 5.10 Å². The molecule has 4 rings (SSSR count). The lowest BCUT2D eigenvalue weighted by atomic mass is 10.0. The molecule has 0 saturated carbocycles. The molecule has 0 radical (unpaired) electrons. The normalized spacial score (nSPS) is 19.6. The third kappa shape index (κ3) is 3.21. The van der Waals surface area contributed by atoms with Crippen LogP contribution in [0.1, 0.15) is 34.5 Å². The van der Waals surface area contributed by atoms with Crippen LogP contribution in [-0.2, 0) is 22.7 Å². The summed E-state index contributed by atoms with van der Waals surface area (Å²) in [6.45, 7) is 1.04. The molecule has 0 bridgehead atoms. The van der Waals surface area contributed by atoms with E-state index in [-0.39, 0.29) is 18.2 Å². The van der Waals surface area contributed by atoms with Crippen LogP contribution in [0.3, 0.4) is 0 Å². The second-order valence-corrected chi connectivity index (χ2v) is 7.13. The summed E-state index contributed by atoms with van der Waals surface area (Å²) in [7, 11) is 3.91. The average molecular weight is 368 g/mol. The number of carbonyl (C=O) groups is 3. The summed E-state index contributed by atoms with van der Waals surface area (Å²) in [5.41, 5.74) is 2.99. The SMILES string of the molecule is CN(C)Cc1cn(-c2ccc3c(c2)C(=O)N(C2CCC(=O)NC2=O)C3)nn1. The van der Waals surface area contributed by atoms with Gasteiger partial charge in [-0.3, -0.25) is 19.7 Å². The predicted molar refractivity (Wildman–Crippen MR) is 94.8 cm³/mol. The molecule has 1 aromatic carbocycles. The summed E-state index contributed by atoms with van der Waals surface area (Å²) in [6, 6.07) is 4.93. The van der Waals surface area contributed by atoms with Crippen LogP contribution in [0.2, 0.25) is 0 Å². The Bertz CT molecular complexity index is 935. The molecule has 1 fully saturated rings. The van der Waals surface area contributed by atoms with Crippen molar-refractivity contribution in [2.75, 3.05) is 14.1 Å². The molecule has 3 amide bonds. The van der Waals surface area contributed by atoms with Gasteiger partial charge in [0.05, 0.1) is 17.6 Å². The number of imide groups is 1. The quantitative estimate of drug-likeness (QED) is 0.768. The summed E-state index contributed by atoms with van der Waals surface area (Å²) >= 11 is 0. The lowest BCUT2D eigenvalue weighted by molar-refractivity contribution is -0.136. The zero-order valence-electron chi connectivity index (χ0n) is 15.2. The van der Waals surface area contributed by atoms with Crippen LogP contribution in [0.15, 0.2) is 24.4 Å². The summed E-state index contributed by atoms with van der Waals surface area (Å²) < 4.78 is 1.64. The fourth-order valence-electron chi connectivity index (χ4n) is 3.51. The van der Waals surface area contributed by atoms with Gasteiger partial charge in [0.1, 0.15) is 6.04 Å². The maximum Gasteiger partial charge on any atom is 0.255 e. The topological polar surface area (TPSA) is 100 Å². The van der Waals surface area contributed by atoms with E-state index in [4.69, 9.17) is 0 Å². The van der Waals surface area contributed by atoms with Gasteiger partial charge in [-0.1, -0.05) is 11.3 Å². The molecule has 1 aromatic heterocycles. The Morgan fingerprint density at radius 2 is 2.07 bits per heavy atom. The van der Waals surface area contributed by atoms with Crippen molar-refractivity contribution in [1.29, 1.82) is 0 Å². The Morgan fingerprint density at radius 3 is 2.81 bits per heavy atom. The molecule has 27 heavy (non-hydrogen) atoms. The third-order valence-corrected chi connectivity index (χ3v) is 4.80. The number of fused-ring (bicyclic) bond motifs is 1. The Balaban J connectivity index is 1.57. The molecule has 3 heterocycles. The van der Waals surface area contributed by atoms with Gasteiger partial charge >= 0.3 is 0 Å². The van der Waals surface area contributed by atoms with E-state index in [0.29, 0.717) is 25.1 Å². The van der Waals surface area contributed by atoms with Gasteiger partial charge in [0.25, 0.3) is 5.91 Å². The first-order valence-corrected chi connectivity index (χ1v) is 8.76. The van der Waals surface area contributed by atoms with Gasteiger partial charge in [-0.2, -0.15) is 0 Å². The van der Waals surface area contributed by atoms with Crippen LogP contribution < -0.4 is 5.32 Å². The van der Waals surface area contributed by atoms with E-state index in [1.54, 1.807) is 10.7 Å². The third-order valence-electron chi connectivity index (χ3n) is 4.80. The molecule has 2 aliphatic rings. The summed E-state index contributed by atoms with van der Waals surface area (Å²) in [5.74, 6) is -0.894. The van der Waals surface area contributed by atoms with Crippen molar-refractivity contribution in [2.45, 2.75) is 32.0 Å². The molecule has 1 saturated heterocycles. The van der Waals surface area contributed by atoms with Crippen LogP contribution in [0.25, 0.3) is 5.69 Å². The molecular formula is C18H20N6O3. The molecule has 140 valence electrons. The van der Waals surface area contributed by atoms with E-state index in [0.717, 1.165) is 16.9 Å². The molecule has 9 heteroatoms. The number of nitrogens with one attached hydrogen (secondary N) is 1. The number of rotatable bonds is 4. The zero-order valence-corrected chi connectivity index (χ0v) is 15.2. The number of piperidine rings is 1. The Kier molecular flexibility index (Phi) is 4.23. The Hall–Kier alpha value is -3.07. The second-order valence-electron chi connectivity index (χ2n) is 7.13. The molecule has 0 aliphatic carbocycles. The molecule has 1 atom stereocenters. The van der Waals surface area contributed by atoms with E-state index in [1.165, 1.54) is 4.90 Å². The molecule has 2 aliphatic heterocycles. The first kappa shape index (κ1) is 17.3. The first-order chi connectivity index (χ1) is 12.9. The van der Waals surface area contributed by atoms with Crippen molar-refractivity contribution in [1.82, 2.24) is 30.1 Å². The average Bonchev–Trinajstić information content (AvgIpc) is 3.19. The zero-order chi connectivity index (χ0) is 19.1. The van der Waals surface area contributed by atoms with Crippen LogP contribution in [0, 0.1) is 0 Å². The van der Waals surface area contributed by atoms with E-state index in [1.807, 2.05) is 37.3 Å². The first-order valence-electron chi connectivity index (χ1n) is 8.76. The highest BCUT2D eigenvalue weighted by atomic mass is 16.2. The van der Waals surface area contributed by atoms with Crippen molar-refractivity contribution >= 4 is 17.7 Å². The number of nitrogens with zero attached hydrogens (tertiary/aromatic N) is 5. The largest absolute Gasteiger partial charge is 0.322 e. The van der Waals surface area contributed by atoms with E-state index in [2.05, 4.69) is 15.6 Å². The fraction of sp³-hybridized carbons (Fsp3) is 0.389. The highest BCUT2D eigenvalue weighted by molar-refractivity contribution is 6.05. The second kappa shape index (κ2) is 6.58.